The summed E-state index contributed by atoms with van der Waals surface area (Å²) in [5.74, 6) is -1.01. The van der Waals surface area contributed by atoms with Gasteiger partial charge in [-0.1, -0.05) is 173 Å². The molecular formula is C40H40Cl6N2NiO4. The van der Waals surface area contributed by atoms with Crippen molar-refractivity contribution >= 4 is 92.4 Å². The van der Waals surface area contributed by atoms with E-state index in [0.29, 0.717) is 23.7 Å². The van der Waals surface area contributed by atoms with Crippen molar-refractivity contribution in [3.05, 3.63) is 88.8 Å². The van der Waals surface area contributed by atoms with Crippen LogP contribution in [-0.2, 0) is 16.5 Å². The Balaban J connectivity index is 0.000000292. The molecule has 0 radical (unpaired) electrons. The maximum absolute atomic E-state index is 11.7. The fourth-order valence-corrected chi connectivity index (χ4v) is 6.86. The molecular weight excluding hydrogens is 844 g/mol. The van der Waals surface area contributed by atoms with Gasteiger partial charge in [0.1, 0.15) is 10.0 Å². The molecule has 286 valence electrons. The fraction of sp³-hybridized carbons (Fsp3) is 0.350. The predicted octanol–water partition coefficient (Wildman–Crippen LogP) is 14.7. The number of para-hydroxylation sites is 2. The summed E-state index contributed by atoms with van der Waals surface area (Å²) in [6.45, 7) is 22.1. The minimum Gasteiger partial charge on any atom is -0.872 e. The second-order valence-electron chi connectivity index (χ2n) is 13.6. The van der Waals surface area contributed by atoms with Crippen LogP contribution >= 0.6 is 69.6 Å². The molecule has 1 aliphatic heterocycles. The first-order valence-electron chi connectivity index (χ1n) is 16.8. The van der Waals surface area contributed by atoms with Crippen molar-refractivity contribution in [2.24, 2.45) is 9.98 Å². The zero-order chi connectivity index (χ0) is 38.9. The van der Waals surface area contributed by atoms with E-state index in [1.54, 1.807) is 0 Å². The summed E-state index contributed by atoms with van der Waals surface area (Å²) in [5, 5.41) is 22.0. The van der Waals surface area contributed by atoms with E-state index >= 15 is 0 Å². The Bertz CT molecular complexity index is 1810. The second-order valence-corrected chi connectivity index (χ2v) is 15.9. The summed E-state index contributed by atoms with van der Waals surface area (Å²) in [6, 6.07) is 13.2. The van der Waals surface area contributed by atoms with Gasteiger partial charge in [0.2, 0.25) is 0 Å². The van der Waals surface area contributed by atoms with Gasteiger partial charge in [-0.15, -0.1) is 0 Å². The zero-order valence-electron chi connectivity index (χ0n) is 30.9. The molecule has 13 heteroatoms. The van der Waals surface area contributed by atoms with E-state index in [1.165, 1.54) is 22.3 Å². The predicted molar refractivity (Wildman–Crippen MR) is 217 cm³/mol. The molecule has 0 unspecified atom stereocenters. The van der Waals surface area contributed by atoms with Gasteiger partial charge < -0.3 is 19.7 Å². The Morgan fingerprint density at radius 2 is 0.717 bits per heavy atom. The number of hydrogen-bond donors (Lipinski definition) is 0. The molecule has 0 spiro atoms. The molecule has 1 heterocycles. The van der Waals surface area contributed by atoms with Gasteiger partial charge in [0.05, 0.1) is 42.9 Å². The van der Waals surface area contributed by atoms with E-state index in [0.717, 1.165) is 22.8 Å². The van der Waals surface area contributed by atoms with E-state index < -0.39 is 21.5 Å². The summed E-state index contributed by atoms with van der Waals surface area (Å²) in [4.78, 5) is 10.3. The van der Waals surface area contributed by atoms with Crippen LogP contribution in [0, 0.1) is 0 Å². The average molecular weight is 884 g/mol. The van der Waals surface area contributed by atoms with Gasteiger partial charge in [0.15, 0.2) is 23.0 Å². The number of benzene rings is 4. The van der Waals surface area contributed by atoms with Crippen LogP contribution in [0.4, 0.5) is 11.4 Å². The Hall–Kier alpha value is -2.35. The Morgan fingerprint density at radius 1 is 0.472 bits per heavy atom. The third-order valence-electron chi connectivity index (χ3n) is 8.57. The number of hydrogen-bond acceptors (Lipinski definition) is 6. The van der Waals surface area contributed by atoms with Crippen molar-refractivity contribution in [1.29, 1.82) is 0 Å². The quantitative estimate of drug-likeness (QED) is 0.0705. The van der Waals surface area contributed by atoms with Crippen molar-refractivity contribution < 1.29 is 36.2 Å². The van der Waals surface area contributed by atoms with Crippen LogP contribution in [0.1, 0.15) is 115 Å². The van der Waals surface area contributed by atoms with Crippen molar-refractivity contribution in [2.45, 2.75) is 92.9 Å². The number of aliphatic imine (C=N–C) groups is 2. The number of nitrogens with zero attached hydrogens (tertiary/aromatic N) is 2. The Labute approximate surface area is 352 Å². The van der Waals surface area contributed by atoms with Gasteiger partial charge in [0.25, 0.3) is 0 Å². The maximum Gasteiger partial charge on any atom is 2.00 e. The van der Waals surface area contributed by atoms with Gasteiger partial charge in [0, 0.05) is 0 Å². The average Bonchev–Trinajstić information content (AvgIpc) is 3.10. The van der Waals surface area contributed by atoms with Crippen molar-refractivity contribution in [1.82, 2.24) is 0 Å². The smallest absolute Gasteiger partial charge is 0.872 e. The largest absolute Gasteiger partial charge is 2.00 e. The first-order chi connectivity index (χ1) is 24.3. The first kappa shape index (κ1) is 45.0. The molecule has 4 aromatic carbocycles. The minimum atomic E-state index is -1.03. The summed E-state index contributed by atoms with van der Waals surface area (Å²) in [7, 11) is 0. The zero-order valence-corrected chi connectivity index (χ0v) is 36.4. The molecule has 0 N–H and O–H groups in total. The van der Waals surface area contributed by atoms with Gasteiger partial charge in [-0.3, -0.25) is 9.98 Å². The van der Waals surface area contributed by atoms with Crippen LogP contribution in [0.3, 0.4) is 0 Å². The molecule has 0 amide bonds. The summed E-state index contributed by atoms with van der Waals surface area (Å²) >= 11 is 35.5. The molecule has 0 fully saturated rings. The maximum atomic E-state index is 11.7. The fourth-order valence-electron chi connectivity index (χ4n) is 5.54. The van der Waals surface area contributed by atoms with Crippen LogP contribution in [0.15, 0.2) is 46.4 Å². The van der Waals surface area contributed by atoms with Gasteiger partial charge in [-0.05, 0) is 59.8 Å². The van der Waals surface area contributed by atoms with E-state index in [-0.39, 0.29) is 59.6 Å². The molecule has 0 saturated heterocycles. The molecule has 0 saturated carbocycles. The SMILES string of the molecule is CC(=Nc1c(C(C)C)cccc1C(C)C)C(C)=Nc1c(C(C)C)cccc1C(C)C.[Ni+2].[O-]c1c([O-])c(Cl)c2c(c1Cl)Oc1c(Cl)c(Cl)c(Cl)c(Cl)c1O2. The molecule has 4 aromatic rings. The molecule has 0 bridgehead atoms. The molecule has 0 aliphatic carbocycles. The number of halogens is 6. The monoisotopic (exact) mass is 880 g/mol. The van der Waals surface area contributed by atoms with Crippen molar-refractivity contribution in [2.75, 3.05) is 0 Å². The van der Waals surface area contributed by atoms with Crippen LogP contribution < -0.4 is 19.7 Å². The molecule has 1 aliphatic rings. The van der Waals surface area contributed by atoms with Crippen LogP contribution in [0.5, 0.6) is 34.5 Å². The normalized spacial score (nSPS) is 12.6. The number of rotatable bonds is 7. The van der Waals surface area contributed by atoms with Gasteiger partial charge >= 0.3 is 16.5 Å². The molecule has 5 rings (SSSR count). The van der Waals surface area contributed by atoms with Crippen molar-refractivity contribution in [3.8, 4) is 34.5 Å². The molecule has 53 heavy (non-hydrogen) atoms. The standard InChI is InChI=1S/C28H40N2.C12H2Cl6O4.Ni/c1-17(2)23-13-11-14-24(18(3)4)27(23)29-21(9)22(10)30-28-25(19(5)6)15-12-16-26(28)20(7)8;13-1-2(14)4(16)10-9(3(1)15)21-11-5(17)7(19)8(20)6(18)12(11)22-10;/h11-20H,1-10H3;19-20H;/q;;+2/p-2. The Morgan fingerprint density at radius 3 is 0.962 bits per heavy atom. The number of fused-ring (bicyclic) bond motifs is 2. The first-order valence-corrected chi connectivity index (χ1v) is 19.0. The van der Waals surface area contributed by atoms with E-state index in [4.69, 9.17) is 89.1 Å². The third-order valence-corrected chi connectivity index (χ3v) is 11.0. The van der Waals surface area contributed by atoms with E-state index in [1.807, 2.05) is 0 Å². The second kappa shape index (κ2) is 18.5. The van der Waals surface area contributed by atoms with E-state index in [9.17, 15) is 10.2 Å². The van der Waals surface area contributed by atoms with Crippen LogP contribution in [-0.4, -0.2) is 11.4 Å². The summed E-state index contributed by atoms with van der Waals surface area (Å²) < 4.78 is 10.9. The van der Waals surface area contributed by atoms with Gasteiger partial charge in [-0.25, -0.2) is 0 Å². The van der Waals surface area contributed by atoms with E-state index in [2.05, 4.69) is 106 Å². The Kier molecular flexibility index (Phi) is 15.7. The van der Waals surface area contributed by atoms with Gasteiger partial charge in [-0.2, -0.15) is 0 Å². The minimum absolute atomic E-state index is 0. The van der Waals surface area contributed by atoms with Crippen molar-refractivity contribution in [3.63, 3.8) is 0 Å². The topological polar surface area (TPSA) is 89.3 Å². The molecule has 0 atom stereocenters. The molecule has 6 nitrogen and oxygen atoms in total. The van der Waals surface area contributed by atoms with Crippen LogP contribution in [0.2, 0.25) is 30.1 Å². The third kappa shape index (κ3) is 9.38. The number of ether oxygens (including phenoxy) is 2. The summed E-state index contributed by atoms with van der Waals surface area (Å²) in [5.41, 5.74) is 9.43. The molecule has 0 aromatic heterocycles. The summed E-state index contributed by atoms with van der Waals surface area (Å²) in [6.07, 6.45) is 0. The van der Waals surface area contributed by atoms with Crippen LogP contribution in [0.25, 0.3) is 0 Å².